The maximum absolute atomic E-state index is 5.71. The van der Waals surface area contributed by atoms with Crippen LogP contribution in [0.1, 0.15) is 113 Å². The van der Waals surface area contributed by atoms with Gasteiger partial charge >= 0.3 is 0 Å². The standard InChI is InChI=1S/C77H80N2/c1-9-14-17-31-61(8)79-75-46-27-25-44-74(75)77-70(38-23-26-47-76(77)79)37-21-20-32-62(11-3)33-28-42-71(41-15-10-2)78-58-30-40-66(59(6)48-53-64(12-4)67-34-18-16-19-35-67)55-50-63-51-56-68(57-52-63)65(13-5)54-49-60(7)72-45-29-39-69-36-22-24-43-73(69)72/h2,9,11-12,14-16,18-22,24-27,29-30,32,34-36,38-59,76-78H,3,8,13,17,23,28,31,33,37H2,1,4-7H3/b14-9-,21-20-,41-15-,53-48-,55-50-,58-30+,60-49+,62-32+,64-12+,65-54+,66-40+,71-42+. The molecule has 0 aromatic heterocycles. The fraction of sp³-hybridized carbons (Fsp3) is 0.195. The van der Waals surface area contributed by atoms with Crippen LogP contribution in [0.3, 0.4) is 0 Å². The molecule has 0 bridgehead atoms. The molecule has 0 saturated heterocycles. The first kappa shape index (κ1) is 58.1. The number of para-hydroxylation sites is 1. The Morgan fingerprint density at radius 1 is 0.810 bits per heavy atom. The van der Waals surface area contributed by atoms with Gasteiger partial charge in [0, 0.05) is 29.2 Å². The van der Waals surface area contributed by atoms with Gasteiger partial charge < -0.3 is 10.2 Å². The Balaban J connectivity index is 1.02. The van der Waals surface area contributed by atoms with E-state index in [0.717, 1.165) is 56.2 Å². The average Bonchev–Trinajstić information content (AvgIpc) is 3.91. The number of hydrogen-bond donors (Lipinski definition) is 1. The fourth-order valence-electron chi connectivity index (χ4n) is 10.4. The summed E-state index contributed by atoms with van der Waals surface area (Å²) in [7, 11) is 0. The molecular weight excluding hydrogens is 953 g/mol. The van der Waals surface area contributed by atoms with Gasteiger partial charge in [0.2, 0.25) is 0 Å². The maximum atomic E-state index is 5.71. The van der Waals surface area contributed by atoms with Crippen LogP contribution in [0.4, 0.5) is 5.69 Å². The molecule has 5 aromatic rings. The summed E-state index contributed by atoms with van der Waals surface area (Å²) in [6.07, 6.45) is 60.1. The highest BCUT2D eigenvalue weighted by Gasteiger charge is 2.39. The van der Waals surface area contributed by atoms with Crippen LogP contribution in [-0.2, 0) is 0 Å². The van der Waals surface area contributed by atoms with E-state index in [4.69, 9.17) is 6.42 Å². The van der Waals surface area contributed by atoms with E-state index < -0.39 is 0 Å². The van der Waals surface area contributed by atoms with E-state index >= 15 is 0 Å². The number of benzene rings is 5. The molecule has 2 nitrogen and oxygen atoms in total. The minimum Gasteiger partial charge on any atom is -0.362 e. The highest BCUT2D eigenvalue weighted by atomic mass is 15.2. The molecule has 0 amide bonds. The Bertz CT molecular complexity index is 3360. The summed E-state index contributed by atoms with van der Waals surface area (Å²) in [5, 5.41) is 6.04. The number of hydrogen-bond acceptors (Lipinski definition) is 2. The van der Waals surface area contributed by atoms with Gasteiger partial charge in [-0.3, -0.25) is 0 Å². The summed E-state index contributed by atoms with van der Waals surface area (Å²) in [6, 6.07) is 43.7. The molecule has 79 heavy (non-hydrogen) atoms. The van der Waals surface area contributed by atoms with E-state index in [1.54, 1.807) is 6.08 Å². The van der Waals surface area contributed by atoms with Crippen LogP contribution in [0.15, 0.2) is 290 Å². The molecule has 3 atom stereocenters. The van der Waals surface area contributed by atoms with Crippen molar-refractivity contribution in [3.63, 3.8) is 0 Å². The van der Waals surface area contributed by atoms with Crippen LogP contribution in [-0.4, -0.2) is 6.04 Å². The summed E-state index contributed by atoms with van der Waals surface area (Å²) in [5.41, 5.74) is 17.2. The number of nitrogens with one attached hydrogen (secondary N) is 1. The second-order valence-corrected chi connectivity index (χ2v) is 20.1. The predicted octanol–water partition coefficient (Wildman–Crippen LogP) is 20.7. The van der Waals surface area contributed by atoms with Gasteiger partial charge in [0.15, 0.2) is 0 Å². The number of rotatable bonds is 25. The average molecular weight is 1030 g/mol. The summed E-state index contributed by atoms with van der Waals surface area (Å²) in [4.78, 5) is 2.48. The first-order chi connectivity index (χ1) is 38.8. The Morgan fingerprint density at radius 2 is 1.59 bits per heavy atom. The second kappa shape index (κ2) is 30.9. The monoisotopic (exact) mass is 1030 g/mol. The van der Waals surface area contributed by atoms with Crippen LogP contribution in [0.2, 0.25) is 0 Å². The zero-order valence-electron chi connectivity index (χ0n) is 47.4. The lowest BCUT2D eigenvalue weighted by atomic mass is 9.86. The molecule has 3 unspecified atom stereocenters. The molecule has 0 saturated carbocycles. The lowest BCUT2D eigenvalue weighted by molar-refractivity contribution is 0.679. The molecule has 1 heterocycles. The third kappa shape index (κ3) is 16.4. The molecule has 398 valence electrons. The lowest BCUT2D eigenvalue weighted by Gasteiger charge is -2.30. The zero-order valence-corrected chi connectivity index (χ0v) is 47.4. The quantitative estimate of drug-likeness (QED) is 0.0356. The minimum atomic E-state index is 0.131. The van der Waals surface area contributed by atoms with E-state index in [9.17, 15) is 0 Å². The van der Waals surface area contributed by atoms with Gasteiger partial charge in [0.05, 0.1) is 6.04 Å². The predicted molar refractivity (Wildman–Crippen MR) is 348 cm³/mol. The molecule has 2 aliphatic rings. The molecule has 7 rings (SSSR count). The van der Waals surface area contributed by atoms with Crippen molar-refractivity contribution in [3.8, 4) is 12.3 Å². The van der Waals surface area contributed by atoms with Gasteiger partial charge in [-0.15, -0.1) is 6.42 Å². The molecule has 0 spiro atoms. The second-order valence-electron chi connectivity index (χ2n) is 20.1. The van der Waals surface area contributed by atoms with E-state index in [1.165, 1.54) is 77.8 Å². The van der Waals surface area contributed by atoms with Crippen molar-refractivity contribution in [2.45, 2.75) is 91.5 Å². The third-order valence-corrected chi connectivity index (χ3v) is 14.8. The Morgan fingerprint density at radius 3 is 2.38 bits per heavy atom. The number of allylic oxidation sites excluding steroid dienone is 25. The van der Waals surface area contributed by atoms with Crippen molar-refractivity contribution in [1.29, 1.82) is 0 Å². The number of nitrogens with zero attached hydrogens (tertiary/aromatic N) is 1. The van der Waals surface area contributed by atoms with Crippen LogP contribution >= 0.6 is 0 Å². The topological polar surface area (TPSA) is 15.3 Å². The molecular formula is C77H80N2. The summed E-state index contributed by atoms with van der Waals surface area (Å²) < 4.78 is 0. The summed E-state index contributed by atoms with van der Waals surface area (Å²) in [6.45, 7) is 19.6. The van der Waals surface area contributed by atoms with Crippen molar-refractivity contribution in [2.24, 2.45) is 5.92 Å². The lowest BCUT2D eigenvalue weighted by Crippen LogP contribution is -2.32. The summed E-state index contributed by atoms with van der Waals surface area (Å²) in [5.74, 6) is 3.09. The largest absolute Gasteiger partial charge is 0.362 e. The Kier molecular flexibility index (Phi) is 22.7. The van der Waals surface area contributed by atoms with Crippen molar-refractivity contribution in [1.82, 2.24) is 5.32 Å². The van der Waals surface area contributed by atoms with Gasteiger partial charge in [0.25, 0.3) is 0 Å². The van der Waals surface area contributed by atoms with E-state index in [1.807, 2.05) is 18.4 Å². The van der Waals surface area contributed by atoms with Crippen molar-refractivity contribution in [3.05, 3.63) is 318 Å². The molecule has 1 aliphatic carbocycles. The van der Waals surface area contributed by atoms with E-state index in [-0.39, 0.29) is 12.0 Å². The number of terminal acetylenes is 1. The molecule has 1 aliphatic heterocycles. The molecule has 5 aromatic carbocycles. The van der Waals surface area contributed by atoms with Crippen LogP contribution in [0, 0.1) is 18.3 Å². The van der Waals surface area contributed by atoms with Crippen molar-refractivity contribution < 1.29 is 0 Å². The first-order valence-corrected chi connectivity index (χ1v) is 28.3. The molecule has 1 N–H and O–H groups in total. The highest BCUT2D eigenvalue weighted by molar-refractivity contribution is 5.94. The van der Waals surface area contributed by atoms with Gasteiger partial charge in [0.1, 0.15) is 0 Å². The molecule has 0 radical (unpaired) electrons. The van der Waals surface area contributed by atoms with Crippen molar-refractivity contribution in [2.75, 3.05) is 4.90 Å². The molecule has 2 heteroatoms. The van der Waals surface area contributed by atoms with E-state index in [0.29, 0.717) is 5.92 Å². The van der Waals surface area contributed by atoms with Gasteiger partial charge in [-0.25, -0.2) is 0 Å². The van der Waals surface area contributed by atoms with Crippen LogP contribution in [0.25, 0.3) is 33.6 Å². The van der Waals surface area contributed by atoms with Gasteiger partial charge in [-0.2, -0.15) is 0 Å². The highest BCUT2D eigenvalue weighted by Crippen LogP contribution is 2.49. The maximum Gasteiger partial charge on any atom is 0.0625 e. The van der Waals surface area contributed by atoms with Crippen LogP contribution in [0.5, 0.6) is 0 Å². The van der Waals surface area contributed by atoms with Gasteiger partial charge in [-0.05, 0) is 162 Å². The SMILES string of the molecule is C#C/C=C\C(=C/CC/C(C=C)=C/C=C\CC1=CCC=CC2C1c1ccccc1N2C(=C)CC/C=C\C)N/C=C/C=C(\C=C/c1ccc(/C(=C/C=C(\C)c2cccc3ccccc23)CC)cc1)C(C)/C=C\C(=C/C)c1ccccc1. The Labute approximate surface area is 474 Å². The van der Waals surface area contributed by atoms with E-state index in [2.05, 4.69) is 295 Å². The van der Waals surface area contributed by atoms with Crippen LogP contribution < -0.4 is 10.2 Å². The number of anilines is 1. The fourth-order valence-corrected chi connectivity index (χ4v) is 10.4. The molecule has 0 fully saturated rings. The summed E-state index contributed by atoms with van der Waals surface area (Å²) >= 11 is 0. The smallest absolute Gasteiger partial charge is 0.0625 e. The van der Waals surface area contributed by atoms with Crippen molar-refractivity contribution >= 4 is 39.3 Å². The first-order valence-electron chi connectivity index (χ1n) is 28.3. The van der Waals surface area contributed by atoms with Gasteiger partial charge in [-0.1, -0.05) is 263 Å². The number of fused-ring (bicyclic) bond motifs is 4. The third-order valence-electron chi connectivity index (χ3n) is 14.8. The Hall–Kier alpha value is -8.64. The minimum absolute atomic E-state index is 0.131. The zero-order chi connectivity index (χ0) is 55.6. The normalized spacial score (nSPS) is 17.1.